The first-order valence-corrected chi connectivity index (χ1v) is 9.01. The summed E-state index contributed by atoms with van der Waals surface area (Å²) in [6.07, 6.45) is 2.13. The third-order valence-corrected chi connectivity index (χ3v) is 6.31. The molecule has 0 aliphatic carbocycles. The normalized spacial score (nSPS) is 25.2. The molecule has 0 amide bonds. The molecule has 124 valence electrons. The zero-order valence-corrected chi connectivity index (χ0v) is 14.6. The SMILES string of the molecule is COc1cc2n(n1)CC1(CCNCC1)[C@@H]2NS(=O)C(C)(C)C. The van der Waals surface area contributed by atoms with Crippen LogP contribution in [0.15, 0.2) is 6.07 Å². The van der Waals surface area contributed by atoms with Gasteiger partial charge in [-0.3, -0.25) is 4.68 Å². The summed E-state index contributed by atoms with van der Waals surface area (Å²) in [7, 11) is 0.526. The Hall–Kier alpha value is -0.920. The van der Waals surface area contributed by atoms with E-state index in [-0.39, 0.29) is 16.2 Å². The van der Waals surface area contributed by atoms with Crippen molar-refractivity contribution in [2.45, 2.75) is 50.9 Å². The second kappa shape index (κ2) is 5.62. The van der Waals surface area contributed by atoms with E-state index in [2.05, 4.69) is 15.1 Å². The van der Waals surface area contributed by atoms with Crippen LogP contribution in [0, 0.1) is 5.41 Å². The highest BCUT2D eigenvalue weighted by Gasteiger charge is 2.49. The summed E-state index contributed by atoms with van der Waals surface area (Å²) < 4.78 is 23.1. The number of hydrogen-bond acceptors (Lipinski definition) is 4. The Morgan fingerprint density at radius 2 is 2.14 bits per heavy atom. The van der Waals surface area contributed by atoms with Gasteiger partial charge in [-0.15, -0.1) is 5.10 Å². The van der Waals surface area contributed by atoms with Crippen LogP contribution in [-0.2, 0) is 17.5 Å². The molecule has 2 N–H and O–H groups in total. The minimum atomic E-state index is -1.11. The summed E-state index contributed by atoms with van der Waals surface area (Å²) in [6, 6.07) is 2.04. The number of methoxy groups -OCH3 is 1. The van der Waals surface area contributed by atoms with Crippen molar-refractivity contribution in [1.29, 1.82) is 0 Å². The highest BCUT2D eigenvalue weighted by Crippen LogP contribution is 2.49. The fourth-order valence-corrected chi connectivity index (χ4v) is 4.35. The van der Waals surface area contributed by atoms with Gasteiger partial charge in [-0.05, 0) is 46.7 Å². The molecule has 0 aromatic carbocycles. The molecule has 3 heterocycles. The first-order chi connectivity index (χ1) is 10.4. The summed E-state index contributed by atoms with van der Waals surface area (Å²) in [5.74, 6) is 0.632. The number of fused-ring (bicyclic) bond motifs is 1. The van der Waals surface area contributed by atoms with Crippen LogP contribution in [0.5, 0.6) is 5.88 Å². The highest BCUT2D eigenvalue weighted by molar-refractivity contribution is 7.84. The predicted molar refractivity (Wildman–Crippen MR) is 87.1 cm³/mol. The number of piperidine rings is 1. The van der Waals surface area contributed by atoms with Crippen molar-refractivity contribution in [3.8, 4) is 5.88 Å². The Morgan fingerprint density at radius 1 is 1.45 bits per heavy atom. The van der Waals surface area contributed by atoms with Gasteiger partial charge in [-0.25, -0.2) is 8.93 Å². The lowest BCUT2D eigenvalue weighted by atomic mass is 9.74. The van der Waals surface area contributed by atoms with Gasteiger partial charge >= 0.3 is 0 Å². The second-order valence-electron chi connectivity index (χ2n) is 7.31. The Morgan fingerprint density at radius 3 is 2.73 bits per heavy atom. The molecule has 1 unspecified atom stereocenters. The minimum Gasteiger partial charge on any atom is -0.480 e. The number of ether oxygens (including phenoxy) is 1. The zero-order valence-electron chi connectivity index (χ0n) is 13.8. The van der Waals surface area contributed by atoms with Crippen LogP contribution >= 0.6 is 0 Å². The van der Waals surface area contributed by atoms with Crippen molar-refractivity contribution < 1.29 is 8.95 Å². The van der Waals surface area contributed by atoms with E-state index >= 15 is 0 Å². The third-order valence-electron chi connectivity index (χ3n) is 4.75. The molecule has 1 saturated heterocycles. The Bertz CT molecular complexity index is 573. The maximum Gasteiger partial charge on any atom is 0.232 e. The predicted octanol–water partition coefficient (Wildman–Crippen LogP) is 1.37. The second-order valence-corrected chi connectivity index (χ2v) is 9.31. The Kier molecular flexibility index (Phi) is 4.07. The molecule has 0 bridgehead atoms. The summed E-state index contributed by atoms with van der Waals surface area (Å²) in [5, 5.41) is 7.94. The van der Waals surface area contributed by atoms with Gasteiger partial charge in [0.1, 0.15) is 0 Å². The molecule has 1 spiro atoms. The van der Waals surface area contributed by atoms with E-state index in [1.807, 2.05) is 31.5 Å². The van der Waals surface area contributed by atoms with Crippen molar-refractivity contribution in [2.75, 3.05) is 20.2 Å². The van der Waals surface area contributed by atoms with Crippen molar-refractivity contribution in [3.63, 3.8) is 0 Å². The van der Waals surface area contributed by atoms with Crippen LogP contribution < -0.4 is 14.8 Å². The molecule has 22 heavy (non-hydrogen) atoms. The fourth-order valence-electron chi connectivity index (χ4n) is 3.41. The van der Waals surface area contributed by atoms with Gasteiger partial charge in [0.25, 0.3) is 0 Å². The van der Waals surface area contributed by atoms with E-state index in [4.69, 9.17) is 4.74 Å². The standard InChI is InChI=1S/C15H26N4O2S/c1-14(2,3)22(20)18-13-11-9-12(21-4)17-19(11)10-15(13)5-7-16-8-6-15/h9,13,16,18H,5-8,10H2,1-4H3/t13-,22?/m1/s1. The lowest BCUT2D eigenvalue weighted by Gasteiger charge is -2.39. The first kappa shape index (κ1) is 16.0. The topological polar surface area (TPSA) is 68.2 Å². The quantitative estimate of drug-likeness (QED) is 0.880. The molecule has 0 radical (unpaired) electrons. The molecule has 6 nitrogen and oxygen atoms in total. The zero-order chi connectivity index (χ0) is 16.0. The maximum absolute atomic E-state index is 12.7. The van der Waals surface area contributed by atoms with Gasteiger partial charge in [0.15, 0.2) is 0 Å². The number of nitrogens with zero attached hydrogens (tertiary/aromatic N) is 2. The minimum absolute atomic E-state index is 0.0612. The van der Waals surface area contributed by atoms with Crippen LogP contribution in [0.3, 0.4) is 0 Å². The summed E-state index contributed by atoms with van der Waals surface area (Å²) in [6.45, 7) is 8.87. The fraction of sp³-hybridized carbons (Fsp3) is 0.800. The number of rotatable bonds is 3. The van der Waals surface area contributed by atoms with Crippen molar-refractivity contribution in [1.82, 2.24) is 19.8 Å². The molecule has 0 saturated carbocycles. The average molecular weight is 326 g/mol. The molecule has 3 rings (SSSR count). The van der Waals surface area contributed by atoms with Gasteiger partial charge in [0.2, 0.25) is 5.88 Å². The number of nitrogens with one attached hydrogen (secondary N) is 2. The molecule has 1 aromatic rings. The van der Waals surface area contributed by atoms with Crippen LogP contribution in [0.25, 0.3) is 0 Å². The van der Waals surface area contributed by atoms with Crippen LogP contribution in [0.4, 0.5) is 0 Å². The smallest absolute Gasteiger partial charge is 0.232 e. The Balaban J connectivity index is 1.93. The molecule has 7 heteroatoms. The van der Waals surface area contributed by atoms with Crippen molar-refractivity contribution >= 4 is 11.0 Å². The molecular formula is C15H26N4O2S. The number of aromatic nitrogens is 2. The van der Waals surface area contributed by atoms with Crippen LogP contribution in [0.2, 0.25) is 0 Å². The van der Waals surface area contributed by atoms with Gasteiger partial charge in [-0.1, -0.05) is 0 Å². The molecular weight excluding hydrogens is 300 g/mol. The molecule has 2 aliphatic heterocycles. The third kappa shape index (κ3) is 2.70. The van der Waals surface area contributed by atoms with Gasteiger partial charge in [-0.2, -0.15) is 0 Å². The lowest BCUT2D eigenvalue weighted by Crippen LogP contribution is -2.46. The Labute approximate surface area is 134 Å². The van der Waals surface area contributed by atoms with Crippen molar-refractivity contribution in [3.05, 3.63) is 11.8 Å². The summed E-state index contributed by atoms with van der Waals surface area (Å²) in [5.41, 5.74) is 1.19. The summed E-state index contributed by atoms with van der Waals surface area (Å²) >= 11 is 0. The van der Waals surface area contributed by atoms with E-state index in [0.29, 0.717) is 5.88 Å². The number of hydrogen-bond donors (Lipinski definition) is 2. The average Bonchev–Trinajstić information content (AvgIpc) is 2.96. The monoisotopic (exact) mass is 326 g/mol. The maximum atomic E-state index is 12.7. The molecule has 1 fully saturated rings. The van der Waals surface area contributed by atoms with Gasteiger partial charge in [0.05, 0.1) is 34.6 Å². The molecule has 1 aromatic heterocycles. The van der Waals surface area contributed by atoms with Crippen molar-refractivity contribution in [2.24, 2.45) is 5.41 Å². The van der Waals surface area contributed by atoms with Crippen LogP contribution in [-0.4, -0.2) is 38.9 Å². The van der Waals surface area contributed by atoms with E-state index < -0.39 is 11.0 Å². The first-order valence-electron chi connectivity index (χ1n) is 7.86. The molecule has 2 aliphatic rings. The van der Waals surface area contributed by atoms with Gasteiger partial charge < -0.3 is 10.1 Å². The summed E-state index contributed by atoms with van der Waals surface area (Å²) in [4.78, 5) is 0. The van der Waals surface area contributed by atoms with E-state index in [9.17, 15) is 4.21 Å². The van der Waals surface area contributed by atoms with E-state index in [1.165, 1.54) is 0 Å². The van der Waals surface area contributed by atoms with Gasteiger partial charge in [0, 0.05) is 18.0 Å². The highest BCUT2D eigenvalue weighted by atomic mass is 32.2. The molecule has 2 atom stereocenters. The lowest BCUT2D eigenvalue weighted by molar-refractivity contribution is 0.149. The largest absolute Gasteiger partial charge is 0.480 e. The van der Waals surface area contributed by atoms with E-state index in [1.54, 1.807) is 7.11 Å². The van der Waals surface area contributed by atoms with Crippen LogP contribution in [0.1, 0.15) is 45.3 Å². The van der Waals surface area contributed by atoms with E-state index in [0.717, 1.165) is 38.2 Å².